The lowest BCUT2D eigenvalue weighted by molar-refractivity contribution is 0.0691. The van der Waals surface area contributed by atoms with E-state index in [0.29, 0.717) is 17.1 Å². The molecule has 0 aromatic carbocycles. The predicted molar refractivity (Wildman–Crippen MR) is 70.7 cm³/mol. The number of nitrogens with two attached hydrogens (primary N) is 2. The van der Waals surface area contributed by atoms with E-state index >= 15 is 0 Å². The number of carboxylic acids is 1. The summed E-state index contributed by atoms with van der Waals surface area (Å²) in [6.45, 7) is 3.38. The molecule has 8 heteroatoms. The van der Waals surface area contributed by atoms with Crippen LogP contribution in [0.3, 0.4) is 0 Å². The first-order chi connectivity index (χ1) is 9.31. The van der Waals surface area contributed by atoms with Gasteiger partial charge in [-0.3, -0.25) is 9.78 Å². The molecule has 0 spiro atoms. The number of carbonyl (C=O) groups excluding carboxylic acids is 1. The van der Waals surface area contributed by atoms with Crippen molar-refractivity contribution < 1.29 is 14.7 Å². The number of nitrogen functional groups attached to an aromatic ring is 1. The zero-order valence-electron chi connectivity index (χ0n) is 10.9. The second-order valence-electron chi connectivity index (χ2n) is 4.29. The van der Waals surface area contributed by atoms with Crippen molar-refractivity contribution in [2.24, 2.45) is 5.73 Å². The SMILES string of the molecule is Cc1cc(-n2cc(N)c(C(=O)O)n2)c(C(N)=O)c(C)n1. The average molecular weight is 275 g/mol. The van der Waals surface area contributed by atoms with Crippen molar-refractivity contribution in [3.05, 3.63) is 34.9 Å². The lowest BCUT2D eigenvalue weighted by Crippen LogP contribution is -2.18. The topological polar surface area (TPSA) is 137 Å². The van der Waals surface area contributed by atoms with E-state index < -0.39 is 11.9 Å². The Kier molecular flexibility index (Phi) is 3.15. The van der Waals surface area contributed by atoms with Gasteiger partial charge in [0.25, 0.3) is 5.91 Å². The number of aryl methyl sites for hydroxylation is 2. The van der Waals surface area contributed by atoms with E-state index in [1.807, 2.05) is 0 Å². The van der Waals surface area contributed by atoms with E-state index in [4.69, 9.17) is 16.6 Å². The van der Waals surface area contributed by atoms with Crippen LogP contribution in [0.5, 0.6) is 0 Å². The van der Waals surface area contributed by atoms with Crippen molar-refractivity contribution in [1.82, 2.24) is 14.8 Å². The largest absolute Gasteiger partial charge is 0.476 e. The van der Waals surface area contributed by atoms with Gasteiger partial charge < -0.3 is 16.6 Å². The Morgan fingerprint density at radius 1 is 1.35 bits per heavy atom. The number of rotatable bonds is 3. The molecule has 0 saturated carbocycles. The zero-order chi connectivity index (χ0) is 15.0. The Bertz CT molecular complexity index is 720. The van der Waals surface area contributed by atoms with E-state index in [2.05, 4.69) is 10.1 Å². The third kappa shape index (κ3) is 2.18. The summed E-state index contributed by atoms with van der Waals surface area (Å²) < 4.78 is 1.22. The Labute approximate surface area is 114 Å². The second-order valence-corrected chi connectivity index (χ2v) is 4.29. The molecule has 0 atom stereocenters. The third-order valence-corrected chi connectivity index (χ3v) is 2.75. The maximum Gasteiger partial charge on any atom is 0.358 e. The van der Waals surface area contributed by atoms with Crippen molar-refractivity contribution in [2.45, 2.75) is 13.8 Å². The van der Waals surface area contributed by atoms with Crippen molar-refractivity contribution in [3.63, 3.8) is 0 Å². The highest BCUT2D eigenvalue weighted by molar-refractivity contribution is 5.98. The number of pyridine rings is 1. The number of hydrogen-bond acceptors (Lipinski definition) is 5. The molecule has 2 aromatic heterocycles. The highest BCUT2D eigenvalue weighted by Crippen LogP contribution is 2.20. The molecule has 0 aliphatic rings. The molecule has 0 saturated heterocycles. The Morgan fingerprint density at radius 3 is 2.50 bits per heavy atom. The first-order valence-corrected chi connectivity index (χ1v) is 5.68. The maximum absolute atomic E-state index is 11.5. The zero-order valence-corrected chi connectivity index (χ0v) is 10.9. The molecule has 0 aliphatic heterocycles. The maximum atomic E-state index is 11.5. The molecule has 20 heavy (non-hydrogen) atoms. The molecule has 0 bridgehead atoms. The summed E-state index contributed by atoms with van der Waals surface area (Å²) in [7, 11) is 0. The van der Waals surface area contributed by atoms with Crippen LogP contribution < -0.4 is 11.5 Å². The monoisotopic (exact) mass is 275 g/mol. The molecule has 8 nitrogen and oxygen atoms in total. The molecule has 104 valence electrons. The summed E-state index contributed by atoms with van der Waals surface area (Å²) >= 11 is 0. The highest BCUT2D eigenvalue weighted by atomic mass is 16.4. The fourth-order valence-corrected chi connectivity index (χ4v) is 1.97. The third-order valence-electron chi connectivity index (χ3n) is 2.75. The predicted octanol–water partition coefficient (Wildman–Crippen LogP) is 0.263. The van der Waals surface area contributed by atoms with Gasteiger partial charge in [0.2, 0.25) is 0 Å². The van der Waals surface area contributed by atoms with Gasteiger partial charge in [0.1, 0.15) is 0 Å². The van der Waals surface area contributed by atoms with Gasteiger partial charge in [-0.1, -0.05) is 0 Å². The van der Waals surface area contributed by atoms with Gasteiger partial charge >= 0.3 is 5.97 Å². The number of hydrogen-bond donors (Lipinski definition) is 3. The summed E-state index contributed by atoms with van der Waals surface area (Å²) in [5, 5.41) is 12.8. The molecular weight excluding hydrogens is 262 g/mol. The van der Waals surface area contributed by atoms with E-state index in [1.54, 1.807) is 19.9 Å². The number of anilines is 1. The van der Waals surface area contributed by atoms with Gasteiger partial charge in [-0.2, -0.15) is 5.10 Å². The van der Waals surface area contributed by atoms with E-state index in [-0.39, 0.29) is 16.9 Å². The van der Waals surface area contributed by atoms with Crippen molar-refractivity contribution in [2.75, 3.05) is 5.73 Å². The van der Waals surface area contributed by atoms with Crippen LogP contribution in [0.25, 0.3) is 5.69 Å². The van der Waals surface area contributed by atoms with Crippen LogP contribution in [0.15, 0.2) is 12.3 Å². The highest BCUT2D eigenvalue weighted by Gasteiger charge is 2.19. The molecule has 0 aliphatic carbocycles. The molecule has 0 unspecified atom stereocenters. The van der Waals surface area contributed by atoms with Gasteiger partial charge in [-0.05, 0) is 19.9 Å². The molecule has 5 N–H and O–H groups in total. The standard InChI is InChI=1S/C12H13N5O3/c1-5-3-8(9(11(14)18)6(2)15-5)17-4-7(13)10(16-17)12(19)20/h3-4H,13H2,1-2H3,(H2,14,18)(H,19,20). The van der Waals surface area contributed by atoms with Gasteiger partial charge in [0.15, 0.2) is 5.69 Å². The summed E-state index contributed by atoms with van der Waals surface area (Å²) in [5.41, 5.74) is 12.3. The van der Waals surface area contributed by atoms with Crippen LogP contribution in [0.4, 0.5) is 5.69 Å². The van der Waals surface area contributed by atoms with Crippen molar-refractivity contribution >= 4 is 17.6 Å². The van der Waals surface area contributed by atoms with Crippen LogP contribution in [0.2, 0.25) is 0 Å². The molecule has 2 aromatic rings. The van der Waals surface area contributed by atoms with E-state index in [9.17, 15) is 9.59 Å². The Balaban J connectivity index is 2.72. The number of nitrogens with zero attached hydrogens (tertiary/aromatic N) is 3. The fourth-order valence-electron chi connectivity index (χ4n) is 1.97. The number of primary amides is 1. The smallest absolute Gasteiger partial charge is 0.358 e. The lowest BCUT2D eigenvalue weighted by atomic mass is 10.1. The number of aromatic nitrogens is 3. The van der Waals surface area contributed by atoms with Crippen LogP contribution in [0.1, 0.15) is 32.2 Å². The van der Waals surface area contributed by atoms with E-state index in [0.717, 1.165) is 0 Å². The fraction of sp³-hybridized carbons (Fsp3) is 0.167. The minimum absolute atomic E-state index is 0.0000359. The number of carbonyl (C=O) groups is 2. The molecular formula is C12H13N5O3. The van der Waals surface area contributed by atoms with Gasteiger partial charge in [-0.15, -0.1) is 0 Å². The molecule has 0 radical (unpaired) electrons. The first kappa shape index (κ1) is 13.5. The van der Waals surface area contributed by atoms with Gasteiger partial charge in [0.05, 0.1) is 28.8 Å². The van der Waals surface area contributed by atoms with Crippen LogP contribution in [-0.2, 0) is 0 Å². The van der Waals surface area contributed by atoms with Crippen LogP contribution in [-0.4, -0.2) is 31.7 Å². The Morgan fingerprint density at radius 2 is 2.00 bits per heavy atom. The summed E-state index contributed by atoms with van der Waals surface area (Å²) in [4.78, 5) is 26.7. The van der Waals surface area contributed by atoms with Crippen molar-refractivity contribution in [1.29, 1.82) is 0 Å². The quantitative estimate of drug-likeness (QED) is 0.734. The minimum Gasteiger partial charge on any atom is -0.476 e. The normalized spacial score (nSPS) is 10.5. The molecule has 2 heterocycles. The minimum atomic E-state index is -1.25. The van der Waals surface area contributed by atoms with Gasteiger partial charge in [-0.25, -0.2) is 9.48 Å². The molecule has 0 fully saturated rings. The lowest BCUT2D eigenvalue weighted by Gasteiger charge is -2.10. The van der Waals surface area contributed by atoms with Crippen molar-refractivity contribution in [3.8, 4) is 5.69 Å². The van der Waals surface area contributed by atoms with E-state index in [1.165, 1.54) is 10.9 Å². The molecule has 1 amide bonds. The van der Waals surface area contributed by atoms with Gasteiger partial charge in [0, 0.05) is 5.69 Å². The number of aromatic carboxylic acids is 1. The molecule has 2 rings (SSSR count). The summed E-state index contributed by atoms with van der Waals surface area (Å²) in [6.07, 6.45) is 1.32. The number of carboxylic acid groups (broad SMARTS) is 1. The Hall–Kier alpha value is -2.90. The number of amides is 1. The first-order valence-electron chi connectivity index (χ1n) is 5.68. The van der Waals surface area contributed by atoms with Crippen LogP contribution in [0, 0.1) is 13.8 Å². The summed E-state index contributed by atoms with van der Waals surface area (Å²) in [5.74, 6) is -1.92. The second kappa shape index (κ2) is 4.65. The summed E-state index contributed by atoms with van der Waals surface area (Å²) in [6, 6.07) is 1.59. The average Bonchev–Trinajstić information content (AvgIpc) is 2.69. The van der Waals surface area contributed by atoms with Crippen LogP contribution >= 0.6 is 0 Å².